The maximum absolute atomic E-state index is 13.2. The molecule has 1 heterocycles. The van der Waals surface area contributed by atoms with Crippen molar-refractivity contribution in [3.63, 3.8) is 0 Å². The van der Waals surface area contributed by atoms with Crippen molar-refractivity contribution in [2.24, 2.45) is 0 Å². The van der Waals surface area contributed by atoms with Crippen LogP contribution >= 0.6 is 15.9 Å². The molecule has 0 unspecified atom stereocenters. The Morgan fingerprint density at radius 1 is 1.03 bits per heavy atom. The van der Waals surface area contributed by atoms with Gasteiger partial charge < -0.3 is 20.5 Å². The molecule has 182 valence electrons. The number of nitrogens with zero attached hydrogens (tertiary/aromatic N) is 2. The summed E-state index contributed by atoms with van der Waals surface area (Å²) in [7, 11) is 0. The van der Waals surface area contributed by atoms with Gasteiger partial charge in [-0.15, -0.1) is 13.2 Å². The second kappa shape index (κ2) is 10.1. The van der Waals surface area contributed by atoms with Gasteiger partial charge in [0.15, 0.2) is 0 Å². The molecular formula is C21H17BrF6N4O2. The molecule has 2 aromatic carbocycles. The zero-order chi connectivity index (χ0) is 25.1. The number of alkyl halides is 6. The number of benzene rings is 2. The Hall–Kier alpha value is -3.06. The van der Waals surface area contributed by atoms with Crippen molar-refractivity contribution in [2.75, 3.05) is 17.2 Å². The molecule has 3 aromatic rings. The molecule has 0 aliphatic carbocycles. The molecule has 0 amide bonds. The highest BCUT2D eigenvalue weighted by molar-refractivity contribution is 9.10. The van der Waals surface area contributed by atoms with Crippen LogP contribution in [0.25, 0.3) is 11.3 Å². The van der Waals surface area contributed by atoms with E-state index in [2.05, 4.69) is 41.3 Å². The Kier molecular flexibility index (Phi) is 7.56. The number of hydrogen-bond acceptors (Lipinski definition) is 6. The summed E-state index contributed by atoms with van der Waals surface area (Å²) in [6.07, 6.45) is -9.49. The van der Waals surface area contributed by atoms with Gasteiger partial charge in [-0.3, -0.25) is 0 Å². The minimum Gasteiger partial charge on any atom is -0.406 e. The molecule has 1 atom stereocenters. The van der Waals surface area contributed by atoms with Crippen molar-refractivity contribution in [1.82, 2.24) is 9.97 Å². The Morgan fingerprint density at radius 2 is 1.76 bits per heavy atom. The highest BCUT2D eigenvalue weighted by Gasteiger charge is 2.33. The van der Waals surface area contributed by atoms with E-state index < -0.39 is 29.9 Å². The van der Waals surface area contributed by atoms with E-state index in [1.54, 1.807) is 6.92 Å². The highest BCUT2D eigenvalue weighted by atomic mass is 79.9. The third-order valence-corrected chi connectivity index (χ3v) is 4.97. The number of aliphatic hydroxyl groups is 1. The Morgan fingerprint density at radius 3 is 2.41 bits per heavy atom. The lowest BCUT2D eigenvalue weighted by Gasteiger charge is -2.16. The van der Waals surface area contributed by atoms with E-state index in [9.17, 15) is 31.4 Å². The average Bonchev–Trinajstić information content (AvgIpc) is 2.73. The van der Waals surface area contributed by atoms with Gasteiger partial charge >= 0.3 is 12.5 Å². The first-order chi connectivity index (χ1) is 15.8. The summed E-state index contributed by atoms with van der Waals surface area (Å²) in [5.74, 6) is -0.411. The fraction of sp³-hybridized carbons (Fsp3) is 0.238. The van der Waals surface area contributed by atoms with Gasteiger partial charge in [0.25, 0.3) is 0 Å². The predicted octanol–water partition coefficient (Wildman–Crippen LogP) is 6.36. The molecule has 3 rings (SSSR count). The number of aliphatic hydroxyl groups excluding tert-OH is 1. The first-order valence-electron chi connectivity index (χ1n) is 9.60. The van der Waals surface area contributed by atoms with E-state index in [4.69, 9.17) is 0 Å². The van der Waals surface area contributed by atoms with Gasteiger partial charge in [-0.05, 0) is 37.3 Å². The lowest BCUT2D eigenvalue weighted by Crippen LogP contribution is -2.21. The first-order valence-corrected chi connectivity index (χ1v) is 10.4. The molecule has 0 radical (unpaired) electrons. The van der Waals surface area contributed by atoms with E-state index in [-0.39, 0.29) is 39.8 Å². The number of ether oxygens (including phenoxy) is 1. The molecule has 0 spiro atoms. The summed E-state index contributed by atoms with van der Waals surface area (Å²) >= 11 is 2.87. The van der Waals surface area contributed by atoms with Crippen LogP contribution in [0.15, 0.2) is 53.0 Å². The monoisotopic (exact) mass is 550 g/mol. The van der Waals surface area contributed by atoms with E-state index in [1.165, 1.54) is 30.3 Å². The lowest BCUT2D eigenvalue weighted by atomic mass is 10.1. The van der Waals surface area contributed by atoms with Crippen molar-refractivity contribution in [1.29, 1.82) is 0 Å². The van der Waals surface area contributed by atoms with Gasteiger partial charge in [0.1, 0.15) is 11.6 Å². The van der Waals surface area contributed by atoms with E-state index in [0.717, 1.165) is 18.2 Å². The molecule has 0 bridgehead atoms. The topological polar surface area (TPSA) is 79.3 Å². The second-order valence-electron chi connectivity index (χ2n) is 7.08. The third-order valence-electron chi connectivity index (χ3n) is 4.28. The maximum atomic E-state index is 13.2. The largest absolute Gasteiger partial charge is 0.573 e. The zero-order valence-electron chi connectivity index (χ0n) is 17.3. The Bertz CT molecular complexity index is 1160. The minimum atomic E-state index is -4.89. The molecule has 0 saturated heterocycles. The number of halogens is 7. The van der Waals surface area contributed by atoms with Gasteiger partial charge in [-0.25, -0.2) is 4.98 Å². The quantitative estimate of drug-likeness (QED) is 0.297. The van der Waals surface area contributed by atoms with Gasteiger partial charge in [0.05, 0.1) is 17.9 Å². The van der Waals surface area contributed by atoms with Crippen LogP contribution in [-0.4, -0.2) is 34.1 Å². The first kappa shape index (κ1) is 25.6. The van der Waals surface area contributed by atoms with Crippen LogP contribution in [0.1, 0.15) is 12.5 Å². The summed E-state index contributed by atoms with van der Waals surface area (Å²) in [4.78, 5) is 8.43. The molecule has 34 heavy (non-hydrogen) atoms. The van der Waals surface area contributed by atoms with Crippen LogP contribution in [-0.2, 0) is 6.18 Å². The number of anilines is 3. The summed E-state index contributed by atoms with van der Waals surface area (Å²) in [6, 6.07) is 9.41. The fourth-order valence-electron chi connectivity index (χ4n) is 2.81. The van der Waals surface area contributed by atoms with Crippen LogP contribution in [0.2, 0.25) is 0 Å². The fourth-order valence-corrected chi connectivity index (χ4v) is 3.28. The van der Waals surface area contributed by atoms with Crippen LogP contribution in [0, 0.1) is 0 Å². The van der Waals surface area contributed by atoms with Crippen LogP contribution < -0.4 is 15.4 Å². The molecule has 0 fully saturated rings. The summed E-state index contributed by atoms with van der Waals surface area (Å²) in [5.41, 5.74) is -0.448. The summed E-state index contributed by atoms with van der Waals surface area (Å²) in [6.45, 7) is 1.36. The maximum Gasteiger partial charge on any atom is 0.573 e. The molecular weight excluding hydrogens is 534 g/mol. The van der Waals surface area contributed by atoms with Crippen molar-refractivity contribution < 1.29 is 36.2 Å². The van der Waals surface area contributed by atoms with Crippen LogP contribution in [0.4, 0.5) is 43.8 Å². The molecule has 0 aliphatic rings. The van der Waals surface area contributed by atoms with E-state index >= 15 is 0 Å². The predicted molar refractivity (Wildman–Crippen MR) is 117 cm³/mol. The number of hydrogen-bond donors (Lipinski definition) is 3. The van der Waals surface area contributed by atoms with Crippen molar-refractivity contribution in [3.8, 4) is 17.0 Å². The average molecular weight is 551 g/mol. The molecule has 6 nitrogen and oxygen atoms in total. The second-order valence-corrected chi connectivity index (χ2v) is 7.94. The van der Waals surface area contributed by atoms with Gasteiger partial charge in [-0.2, -0.15) is 18.2 Å². The third kappa shape index (κ3) is 6.97. The highest BCUT2D eigenvalue weighted by Crippen LogP contribution is 2.37. The van der Waals surface area contributed by atoms with Gasteiger partial charge in [0, 0.05) is 27.8 Å². The lowest BCUT2D eigenvalue weighted by molar-refractivity contribution is -0.274. The number of rotatable bonds is 7. The standard InChI is InChI=1S/C21H17BrF6N4O2/c1-11(10-33)29-19-31-17(12-3-2-4-14(7-12)34-21(26,27)28)9-18(32-19)30-13-5-6-16(22)15(8-13)20(23,24)25/h2-9,11,33H,10H2,1H3,(H2,29,30,31,32)/t11-/m1/s1. The van der Waals surface area contributed by atoms with Crippen LogP contribution in [0.5, 0.6) is 5.75 Å². The number of nitrogens with one attached hydrogen (secondary N) is 2. The Labute approximate surface area is 198 Å². The Balaban J connectivity index is 2.01. The molecule has 0 aliphatic heterocycles. The minimum absolute atomic E-state index is 0.00292. The van der Waals surface area contributed by atoms with Gasteiger partial charge in [-0.1, -0.05) is 28.1 Å². The summed E-state index contributed by atoms with van der Waals surface area (Å²) in [5, 5.41) is 14.9. The van der Waals surface area contributed by atoms with Crippen LogP contribution in [0.3, 0.4) is 0 Å². The van der Waals surface area contributed by atoms with E-state index in [1.807, 2.05) is 0 Å². The van der Waals surface area contributed by atoms with Crippen molar-refractivity contribution >= 4 is 33.4 Å². The molecule has 1 aromatic heterocycles. The molecule has 13 heteroatoms. The van der Waals surface area contributed by atoms with Gasteiger partial charge in [0.2, 0.25) is 5.95 Å². The SMILES string of the molecule is C[C@H](CO)Nc1nc(Nc2ccc(Br)c(C(F)(F)F)c2)cc(-c2cccc(OC(F)(F)F)c2)n1. The van der Waals surface area contributed by atoms with E-state index in [0.29, 0.717) is 0 Å². The summed E-state index contributed by atoms with van der Waals surface area (Å²) < 4.78 is 81.3. The smallest absolute Gasteiger partial charge is 0.406 e. The molecule has 0 saturated carbocycles. The van der Waals surface area contributed by atoms with Crippen molar-refractivity contribution in [3.05, 3.63) is 58.6 Å². The molecule has 3 N–H and O–H groups in total. The normalized spacial score (nSPS) is 12.9. The number of aromatic nitrogens is 2. The van der Waals surface area contributed by atoms with Crippen molar-refractivity contribution in [2.45, 2.75) is 25.5 Å². The zero-order valence-corrected chi connectivity index (χ0v) is 18.9.